The van der Waals surface area contributed by atoms with Crippen molar-refractivity contribution in [3.8, 4) is 11.5 Å². The van der Waals surface area contributed by atoms with Crippen LogP contribution < -0.4 is 14.8 Å². The van der Waals surface area contributed by atoms with Gasteiger partial charge < -0.3 is 19.6 Å². The van der Waals surface area contributed by atoms with Gasteiger partial charge in [0.15, 0.2) is 11.5 Å². The summed E-state index contributed by atoms with van der Waals surface area (Å²) in [5, 5.41) is 6.24. The highest BCUT2D eigenvalue weighted by Crippen LogP contribution is 2.30. The van der Waals surface area contributed by atoms with E-state index >= 15 is 0 Å². The highest BCUT2D eigenvalue weighted by Gasteiger charge is 2.30. The smallest absolute Gasteiger partial charge is 0.416 e. The lowest BCUT2D eigenvalue weighted by atomic mass is 10.2. The fraction of sp³-hybridized carbons (Fsp3) is 0.300. The van der Waals surface area contributed by atoms with Crippen molar-refractivity contribution in [1.29, 1.82) is 0 Å². The fourth-order valence-corrected chi connectivity index (χ4v) is 2.26. The normalized spacial score (nSPS) is 12.5. The van der Waals surface area contributed by atoms with E-state index in [1.807, 2.05) is 6.92 Å². The molecule has 156 valence electrons. The summed E-state index contributed by atoms with van der Waals surface area (Å²) in [5.74, 6) is 0.576. The maximum Gasteiger partial charge on any atom is 0.416 e. The van der Waals surface area contributed by atoms with E-state index in [0.717, 1.165) is 12.1 Å². The Morgan fingerprint density at radius 3 is 2.45 bits per heavy atom. The number of alkyl halides is 3. The first kappa shape index (κ1) is 22.1. The summed E-state index contributed by atoms with van der Waals surface area (Å²) in [7, 11) is 1.52. The van der Waals surface area contributed by atoms with Crippen molar-refractivity contribution in [2.45, 2.75) is 26.1 Å². The molecule has 0 unspecified atom stereocenters. The van der Waals surface area contributed by atoms with E-state index in [1.54, 1.807) is 18.2 Å². The number of oxime groups is 1. The maximum atomic E-state index is 12.6. The van der Waals surface area contributed by atoms with Crippen LogP contribution in [0.3, 0.4) is 0 Å². The number of nitrogens with one attached hydrogen (secondary N) is 1. The number of benzene rings is 2. The Morgan fingerprint density at radius 2 is 1.86 bits per heavy atom. The molecule has 0 aliphatic heterocycles. The summed E-state index contributed by atoms with van der Waals surface area (Å²) in [6, 6.07) is 9.28. The van der Waals surface area contributed by atoms with Crippen molar-refractivity contribution in [3.05, 3.63) is 53.6 Å². The van der Waals surface area contributed by atoms with Gasteiger partial charge in [-0.05, 0) is 56.3 Å². The van der Waals surface area contributed by atoms with Crippen LogP contribution in [0.2, 0.25) is 0 Å². The van der Waals surface area contributed by atoms with Crippen molar-refractivity contribution >= 4 is 17.8 Å². The van der Waals surface area contributed by atoms with Gasteiger partial charge in [0.2, 0.25) is 6.10 Å². The fourth-order valence-electron chi connectivity index (χ4n) is 2.26. The molecule has 1 amide bonds. The van der Waals surface area contributed by atoms with Crippen LogP contribution in [0, 0.1) is 0 Å². The highest BCUT2D eigenvalue weighted by atomic mass is 19.4. The van der Waals surface area contributed by atoms with Crippen LogP contribution in [0.15, 0.2) is 47.6 Å². The van der Waals surface area contributed by atoms with E-state index in [4.69, 9.17) is 14.3 Å². The van der Waals surface area contributed by atoms with Gasteiger partial charge in [0.1, 0.15) is 0 Å². The second-order valence-corrected chi connectivity index (χ2v) is 5.89. The Labute approximate surface area is 166 Å². The Bertz CT molecular complexity index is 852. The molecule has 2 aromatic rings. The summed E-state index contributed by atoms with van der Waals surface area (Å²) in [6.07, 6.45) is -3.99. The molecule has 0 saturated heterocycles. The van der Waals surface area contributed by atoms with Gasteiger partial charge in [0, 0.05) is 11.3 Å². The molecule has 0 fully saturated rings. The van der Waals surface area contributed by atoms with Crippen LogP contribution in [0.4, 0.5) is 18.9 Å². The number of halogens is 3. The van der Waals surface area contributed by atoms with E-state index in [-0.39, 0.29) is 5.69 Å². The molecule has 0 aliphatic rings. The minimum atomic E-state index is -4.43. The molecular weight excluding hydrogens is 389 g/mol. The first-order valence-electron chi connectivity index (χ1n) is 8.72. The van der Waals surface area contributed by atoms with Crippen molar-refractivity contribution in [1.82, 2.24) is 0 Å². The van der Waals surface area contributed by atoms with Gasteiger partial charge in [0.05, 0.1) is 25.5 Å². The SMILES string of the molecule is CCOc1ccc(/C=N\O[C@H](C)C(=O)Nc2ccc(C(F)(F)F)cc2)cc1OC. The van der Waals surface area contributed by atoms with Gasteiger partial charge in [-0.2, -0.15) is 13.2 Å². The van der Waals surface area contributed by atoms with E-state index in [0.29, 0.717) is 23.7 Å². The van der Waals surface area contributed by atoms with Crippen LogP contribution in [0.25, 0.3) is 0 Å². The third-order valence-electron chi connectivity index (χ3n) is 3.76. The second kappa shape index (κ2) is 9.81. The van der Waals surface area contributed by atoms with Crippen LogP contribution >= 0.6 is 0 Å². The molecule has 2 rings (SSSR count). The van der Waals surface area contributed by atoms with Crippen LogP contribution in [0.5, 0.6) is 11.5 Å². The average molecular weight is 410 g/mol. The molecule has 1 N–H and O–H groups in total. The lowest BCUT2D eigenvalue weighted by molar-refractivity contribution is -0.137. The number of amides is 1. The number of rotatable bonds is 8. The number of ether oxygens (including phenoxy) is 2. The maximum absolute atomic E-state index is 12.6. The molecule has 9 heteroatoms. The molecule has 0 saturated carbocycles. The molecule has 29 heavy (non-hydrogen) atoms. The van der Waals surface area contributed by atoms with E-state index in [2.05, 4.69) is 10.5 Å². The Kier molecular flexibility index (Phi) is 7.46. The molecular formula is C20H21F3N2O4. The molecule has 0 bridgehead atoms. The molecule has 0 aliphatic carbocycles. The largest absolute Gasteiger partial charge is 0.493 e. The molecule has 2 aromatic carbocycles. The van der Waals surface area contributed by atoms with Crippen molar-refractivity contribution in [2.24, 2.45) is 5.16 Å². The average Bonchev–Trinajstić information content (AvgIpc) is 2.68. The third kappa shape index (κ3) is 6.41. The third-order valence-corrected chi connectivity index (χ3v) is 3.76. The second-order valence-electron chi connectivity index (χ2n) is 5.89. The van der Waals surface area contributed by atoms with Crippen molar-refractivity contribution in [3.63, 3.8) is 0 Å². The summed E-state index contributed by atoms with van der Waals surface area (Å²) < 4.78 is 48.3. The van der Waals surface area contributed by atoms with Crippen molar-refractivity contribution in [2.75, 3.05) is 19.0 Å². The lowest BCUT2D eigenvalue weighted by Crippen LogP contribution is -2.26. The topological polar surface area (TPSA) is 69.2 Å². The van der Waals surface area contributed by atoms with Gasteiger partial charge in [-0.25, -0.2) is 0 Å². The Hall–Kier alpha value is -3.23. The number of carbonyl (C=O) groups excluding carboxylic acids is 1. The predicted molar refractivity (Wildman–Crippen MR) is 102 cm³/mol. The monoisotopic (exact) mass is 410 g/mol. The predicted octanol–water partition coefficient (Wildman–Crippen LogP) is 4.49. The summed E-state index contributed by atoms with van der Waals surface area (Å²) in [5.41, 5.74) is 0.0921. The minimum absolute atomic E-state index is 0.221. The first-order chi connectivity index (χ1) is 13.7. The Morgan fingerprint density at radius 1 is 1.17 bits per heavy atom. The summed E-state index contributed by atoms with van der Waals surface area (Å²) in [6.45, 7) is 3.83. The first-order valence-corrected chi connectivity index (χ1v) is 8.72. The number of hydrogen-bond donors (Lipinski definition) is 1. The van der Waals surface area contributed by atoms with Gasteiger partial charge in [0.25, 0.3) is 5.91 Å². The van der Waals surface area contributed by atoms with Crippen LogP contribution in [0.1, 0.15) is 25.0 Å². The molecule has 0 spiro atoms. The molecule has 6 nitrogen and oxygen atoms in total. The number of methoxy groups -OCH3 is 1. The summed E-state index contributed by atoms with van der Waals surface area (Å²) in [4.78, 5) is 17.2. The van der Waals surface area contributed by atoms with E-state index in [1.165, 1.54) is 32.4 Å². The molecule has 1 atom stereocenters. The zero-order valence-corrected chi connectivity index (χ0v) is 16.1. The highest BCUT2D eigenvalue weighted by molar-refractivity contribution is 5.94. The quantitative estimate of drug-likeness (QED) is 0.514. The minimum Gasteiger partial charge on any atom is -0.493 e. The van der Waals surface area contributed by atoms with Gasteiger partial charge in [-0.3, -0.25) is 4.79 Å². The number of nitrogens with zero attached hydrogens (tertiary/aromatic N) is 1. The van der Waals surface area contributed by atoms with E-state index < -0.39 is 23.8 Å². The molecule has 0 heterocycles. The summed E-state index contributed by atoms with van der Waals surface area (Å²) >= 11 is 0. The van der Waals surface area contributed by atoms with Gasteiger partial charge in [-0.15, -0.1) is 0 Å². The Balaban J connectivity index is 1.92. The zero-order valence-electron chi connectivity index (χ0n) is 16.1. The van der Waals surface area contributed by atoms with Crippen LogP contribution in [-0.2, 0) is 15.8 Å². The molecule has 0 aromatic heterocycles. The zero-order chi connectivity index (χ0) is 21.4. The number of carbonyl (C=O) groups is 1. The number of anilines is 1. The number of hydrogen-bond acceptors (Lipinski definition) is 5. The van der Waals surface area contributed by atoms with Gasteiger partial charge in [-0.1, -0.05) is 5.16 Å². The van der Waals surface area contributed by atoms with Gasteiger partial charge >= 0.3 is 6.18 Å². The van der Waals surface area contributed by atoms with E-state index in [9.17, 15) is 18.0 Å². The lowest BCUT2D eigenvalue weighted by Gasteiger charge is -2.12. The van der Waals surface area contributed by atoms with Crippen LogP contribution in [-0.4, -0.2) is 31.9 Å². The van der Waals surface area contributed by atoms with Crippen molar-refractivity contribution < 1.29 is 32.3 Å². The standard InChI is InChI=1S/C20H21F3N2O4/c1-4-28-17-10-5-14(11-18(17)27-3)12-24-29-13(2)19(26)25-16-8-6-15(7-9-16)20(21,22)23/h5-13H,4H2,1-3H3,(H,25,26)/b24-12-/t13-/m1/s1. The molecule has 0 radical (unpaired) electrons.